The number of aromatic nitrogens is 1. The Balaban J connectivity index is 3.36. The Morgan fingerprint density at radius 1 is 1.36 bits per heavy atom. The second kappa shape index (κ2) is 5.99. The number of nitrogens with zero attached hydrogens (tertiary/aromatic N) is 1. The zero-order chi connectivity index (χ0) is 16.8. The third-order valence-electron chi connectivity index (χ3n) is 3.01. The first-order valence-electron chi connectivity index (χ1n) is 5.93. The molecule has 0 saturated carbocycles. The number of hydrogen-bond donors (Lipinski definition) is 0. The second-order valence-electron chi connectivity index (χ2n) is 4.55. The highest BCUT2D eigenvalue weighted by Crippen LogP contribution is 2.33. The van der Waals surface area contributed by atoms with Gasteiger partial charge in [0.05, 0.1) is 27.7 Å². The summed E-state index contributed by atoms with van der Waals surface area (Å²) in [6.07, 6.45) is 2.61. The first-order valence-corrected chi connectivity index (χ1v) is 10.2. The van der Waals surface area contributed by atoms with Crippen molar-refractivity contribution in [2.24, 2.45) is 0 Å². The van der Waals surface area contributed by atoms with Crippen molar-refractivity contribution in [3.8, 4) is 0 Å². The average Bonchev–Trinajstić information content (AvgIpc) is 2.39. The molecule has 0 spiro atoms. The summed E-state index contributed by atoms with van der Waals surface area (Å²) in [6, 6.07) is 3.04. The van der Waals surface area contributed by atoms with Crippen molar-refractivity contribution in [1.29, 1.82) is 0 Å². The van der Waals surface area contributed by atoms with Gasteiger partial charge in [0.25, 0.3) is 0 Å². The van der Waals surface area contributed by atoms with E-state index >= 15 is 0 Å². The summed E-state index contributed by atoms with van der Waals surface area (Å²) in [6.45, 7) is 1.22. The van der Waals surface area contributed by atoms with Gasteiger partial charge in [-0.1, -0.05) is 11.6 Å². The van der Waals surface area contributed by atoms with Crippen LogP contribution < -0.4 is 5.43 Å². The molecule has 22 heavy (non-hydrogen) atoms. The van der Waals surface area contributed by atoms with E-state index in [2.05, 4.69) is 15.9 Å². The number of rotatable bonds is 3. The van der Waals surface area contributed by atoms with Gasteiger partial charge in [0, 0.05) is 4.47 Å². The van der Waals surface area contributed by atoms with Crippen LogP contribution >= 0.6 is 39.3 Å². The molecule has 9 heteroatoms. The SMILES string of the molecule is CSc1c(C(C)=O)c(=O)c2c(Cl)ccc(Br)c2n1S(C)(=O)=O. The predicted molar refractivity (Wildman–Crippen MR) is 92.9 cm³/mol. The number of hydrogen-bond acceptors (Lipinski definition) is 5. The number of benzene rings is 1. The van der Waals surface area contributed by atoms with Crippen molar-refractivity contribution in [3.63, 3.8) is 0 Å². The fourth-order valence-corrected chi connectivity index (χ4v) is 5.30. The van der Waals surface area contributed by atoms with E-state index in [0.29, 0.717) is 4.47 Å². The Morgan fingerprint density at radius 3 is 2.41 bits per heavy atom. The summed E-state index contributed by atoms with van der Waals surface area (Å²) in [5.74, 6) is -0.510. The highest BCUT2D eigenvalue weighted by Gasteiger charge is 2.26. The molecule has 0 aliphatic carbocycles. The zero-order valence-electron chi connectivity index (χ0n) is 11.8. The number of thioether (sulfide) groups is 1. The molecule has 0 bridgehead atoms. The summed E-state index contributed by atoms with van der Waals surface area (Å²) in [7, 11) is -3.77. The van der Waals surface area contributed by atoms with Crippen LogP contribution in [-0.4, -0.2) is 30.7 Å². The highest BCUT2D eigenvalue weighted by molar-refractivity contribution is 9.10. The molecule has 0 aliphatic heterocycles. The summed E-state index contributed by atoms with van der Waals surface area (Å²) >= 11 is 10.4. The van der Waals surface area contributed by atoms with Crippen LogP contribution in [0.15, 0.2) is 26.4 Å². The Labute approximate surface area is 144 Å². The first kappa shape index (κ1) is 17.5. The average molecular weight is 425 g/mol. The molecule has 0 unspecified atom stereocenters. The van der Waals surface area contributed by atoms with Crippen LogP contribution in [0.2, 0.25) is 5.02 Å². The molecular formula is C13H11BrClNO4S2. The molecular weight excluding hydrogens is 414 g/mol. The molecule has 0 saturated heterocycles. The summed E-state index contributed by atoms with van der Waals surface area (Å²) in [5, 5.41) is 0.177. The lowest BCUT2D eigenvalue weighted by atomic mass is 10.1. The van der Waals surface area contributed by atoms with E-state index < -0.39 is 21.2 Å². The van der Waals surface area contributed by atoms with Crippen LogP contribution in [0.1, 0.15) is 17.3 Å². The van der Waals surface area contributed by atoms with Crippen molar-refractivity contribution in [3.05, 3.63) is 37.4 Å². The van der Waals surface area contributed by atoms with Gasteiger partial charge < -0.3 is 0 Å². The van der Waals surface area contributed by atoms with Gasteiger partial charge >= 0.3 is 0 Å². The molecule has 0 N–H and O–H groups in total. The van der Waals surface area contributed by atoms with Crippen LogP contribution in [0.5, 0.6) is 0 Å². The molecule has 1 aromatic heterocycles. The van der Waals surface area contributed by atoms with E-state index in [1.807, 2.05) is 0 Å². The largest absolute Gasteiger partial charge is 0.294 e. The van der Waals surface area contributed by atoms with E-state index in [-0.39, 0.29) is 26.5 Å². The third-order valence-corrected chi connectivity index (χ3v) is 5.88. The van der Waals surface area contributed by atoms with Gasteiger partial charge in [0.15, 0.2) is 5.78 Å². The molecule has 0 fully saturated rings. The van der Waals surface area contributed by atoms with Crippen LogP contribution in [0.25, 0.3) is 10.9 Å². The molecule has 118 valence electrons. The van der Waals surface area contributed by atoms with E-state index in [9.17, 15) is 18.0 Å². The van der Waals surface area contributed by atoms with Crippen LogP contribution in [-0.2, 0) is 10.0 Å². The maximum atomic E-state index is 12.7. The predicted octanol–water partition coefficient (Wildman–Crippen LogP) is 3.15. The second-order valence-corrected chi connectivity index (χ2v) is 8.44. The fraction of sp³-hybridized carbons (Fsp3) is 0.231. The van der Waals surface area contributed by atoms with Gasteiger partial charge in [-0.15, -0.1) is 11.8 Å². The lowest BCUT2D eigenvalue weighted by molar-refractivity contribution is 0.101. The molecule has 2 aromatic rings. The highest BCUT2D eigenvalue weighted by atomic mass is 79.9. The van der Waals surface area contributed by atoms with Crippen LogP contribution in [0.4, 0.5) is 0 Å². The van der Waals surface area contributed by atoms with Crippen LogP contribution in [0, 0.1) is 0 Å². The van der Waals surface area contributed by atoms with E-state index in [0.717, 1.165) is 22.0 Å². The van der Waals surface area contributed by atoms with Gasteiger partial charge in [-0.05, 0) is 41.2 Å². The minimum absolute atomic E-state index is 0.00414. The van der Waals surface area contributed by atoms with Crippen LogP contribution in [0.3, 0.4) is 0 Å². The summed E-state index contributed by atoms with van der Waals surface area (Å²) in [5.41, 5.74) is -0.613. The van der Waals surface area contributed by atoms with Gasteiger partial charge in [0.2, 0.25) is 15.5 Å². The Kier molecular flexibility index (Phi) is 4.77. The molecule has 0 atom stereocenters. The quantitative estimate of drug-likeness (QED) is 0.559. The third kappa shape index (κ3) is 2.73. The number of fused-ring (bicyclic) bond motifs is 1. The van der Waals surface area contributed by atoms with E-state index in [1.54, 1.807) is 12.3 Å². The van der Waals surface area contributed by atoms with Gasteiger partial charge in [0.1, 0.15) is 5.03 Å². The van der Waals surface area contributed by atoms with Crippen molar-refractivity contribution in [1.82, 2.24) is 3.97 Å². The van der Waals surface area contributed by atoms with Crippen molar-refractivity contribution >= 4 is 66.0 Å². The lowest BCUT2D eigenvalue weighted by Crippen LogP contribution is -2.25. The van der Waals surface area contributed by atoms with Crippen molar-refractivity contribution < 1.29 is 13.2 Å². The molecule has 0 radical (unpaired) electrons. The number of Topliss-reactive ketones (excluding diaryl/α,β-unsaturated/α-hetero) is 1. The van der Waals surface area contributed by atoms with Crippen molar-refractivity contribution in [2.45, 2.75) is 11.9 Å². The number of halogens is 2. The summed E-state index contributed by atoms with van der Waals surface area (Å²) < 4.78 is 25.9. The molecule has 5 nitrogen and oxygen atoms in total. The monoisotopic (exact) mass is 423 g/mol. The zero-order valence-corrected chi connectivity index (χ0v) is 15.8. The maximum absolute atomic E-state index is 12.7. The Bertz CT molecular complexity index is 966. The number of pyridine rings is 1. The van der Waals surface area contributed by atoms with E-state index in [4.69, 9.17) is 11.6 Å². The number of carbonyl (C=O) groups excluding carboxylic acids is 1. The normalized spacial score (nSPS) is 11.9. The summed E-state index contributed by atoms with van der Waals surface area (Å²) in [4.78, 5) is 24.5. The van der Waals surface area contributed by atoms with Gasteiger partial charge in [-0.2, -0.15) is 0 Å². The molecule has 2 rings (SSSR count). The number of carbonyl (C=O) groups is 1. The fourth-order valence-electron chi connectivity index (χ4n) is 2.19. The minimum atomic E-state index is -3.77. The molecule has 1 heterocycles. The maximum Gasteiger partial charge on any atom is 0.237 e. The molecule has 0 aliphatic rings. The van der Waals surface area contributed by atoms with Crippen molar-refractivity contribution in [2.75, 3.05) is 12.5 Å². The minimum Gasteiger partial charge on any atom is -0.294 e. The smallest absolute Gasteiger partial charge is 0.237 e. The van der Waals surface area contributed by atoms with Gasteiger partial charge in [-0.25, -0.2) is 12.4 Å². The standard InChI is InChI=1S/C13H11BrClNO4S2/c1-6(17)9-12(18)10-8(15)5-4-7(14)11(10)16(13(9)21-2)22(3,19)20/h4-5H,1-3H3. The molecule has 0 amide bonds. The lowest BCUT2D eigenvalue weighted by Gasteiger charge is -2.17. The van der Waals surface area contributed by atoms with E-state index in [1.165, 1.54) is 13.0 Å². The first-order chi connectivity index (χ1) is 10.1. The Morgan fingerprint density at radius 2 is 1.95 bits per heavy atom. The number of ketones is 1. The topological polar surface area (TPSA) is 73.2 Å². The van der Waals surface area contributed by atoms with Gasteiger partial charge in [-0.3, -0.25) is 9.59 Å². The molecule has 1 aromatic carbocycles. The Hall–Kier alpha value is -0.830.